The van der Waals surface area contributed by atoms with Crippen molar-refractivity contribution < 1.29 is 19.7 Å². The van der Waals surface area contributed by atoms with Gasteiger partial charge in [0.1, 0.15) is 17.5 Å². The molecule has 0 saturated heterocycles. The number of carbonyl (C=O) groups is 1. The van der Waals surface area contributed by atoms with Gasteiger partial charge in [0.05, 0.1) is 7.11 Å². The molecule has 0 spiro atoms. The van der Waals surface area contributed by atoms with Gasteiger partial charge in [-0.3, -0.25) is 4.79 Å². The number of methoxy groups -OCH3 is 1. The maximum atomic E-state index is 11.3. The Hall–Kier alpha value is -1.75. The van der Waals surface area contributed by atoms with Crippen LogP contribution >= 0.6 is 0 Å². The molecule has 0 amide bonds. The number of phenolic OH excluding ortho intramolecular Hbond substituents is 2. The van der Waals surface area contributed by atoms with Gasteiger partial charge in [0, 0.05) is 5.56 Å². The molecule has 5 heteroatoms. The van der Waals surface area contributed by atoms with Gasteiger partial charge in [0.2, 0.25) is 0 Å². The van der Waals surface area contributed by atoms with Crippen LogP contribution in [-0.2, 0) is 9.53 Å². The molecule has 0 aliphatic heterocycles. The first-order valence-corrected chi connectivity index (χ1v) is 5.85. The van der Waals surface area contributed by atoms with Crippen molar-refractivity contribution in [2.45, 2.75) is 31.7 Å². The number of nitrogens with two attached hydrogens (primary N) is 1. The van der Waals surface area contributed by atoms with E-state index in [1.165, 1.54) is 19.2 Å². The van der Waals surface area contributed by atoms with Crippen LogP contribution in [0.5, 0.6) is 11.5 Å². The fraction of sp³-hybridized carbons (Fsp3) is 0.462. The molecule has 1 aromatic rings. The summed E-state index contributed by atoms with van der Waals surface area (Å²) in [5, 5.41) is 19.6. The summed E-state index contributed by atoms with van der Waals surface area (Å²) in [4.78, 5) is 11.3. The topological polar surface area (TPSA) is 92.8 Å². The summed E-state index contributed by atoms with van der Waals surface area (Å²) < 4.78 is 4.56. The predicted octanol–water partition coefficient (Wildman–Crippen LogP) is 1.48. The van der Waals surface area contributed by atoms with E-state index in [2.05, 4.69) is 4.74 Å². The van der Waals surface area contributed by atoms with Crippen LogP contribution in [0.15, 0.2) is 18.2 Å². The average Bonchev–Trinajstić information content (AvgIpc) is 2.35. The normalized spacial score (nSPS) is 13.9. The Kier molecular flexibility index (Phi) is 4.97. The highest BCUT2D eigenvalue weighted by Crippen LogP contribution is 2.37. The van der Waals surface area contributed by atoms with Crippen LogP contribution in [0.4, 0.5) is 0 Å². The summed E-state index contributed by atoms with van der Waals surface area (Å²) >= 11 is 0. The second kappa shape index (κ2) is 6.26. The minimum absolute atomic E-state index is 0.0129. The van der Waals surface area contributed by atoms with E-state index in [4.69, 9.17) is 5.73 Å². The van der Waals surface area contributed by atoms with Crippen molar-refractivity contribution in [1.29, 1.82) is 0 Å². The molecular weight excluding hydrogens is 234 g/mol. The highest BCUT2D eigenvalue weighted by atomic mass is 16.5. The molecule has 0 radical (unpaired) electrons. The lowest BCUT2D eigenvalue weighted by molar-refractivity contribution is -0.142. The maximum absolute atomic E-state index is 11.3. The van der Waals surface area contributed by atoms with Gasteiger partial charge in [0.15, 0.2) is 0 Å². The van der Waals surface area contributed by atoms with Crippen molar-refractivity contribution in [2.75, 3.05) is 7.11 Å². The first-order valence-electron chi connectivity index (χ1n) is 5.85. The Balaban J connectivity index is 2.93. The minimum Gasteiger partial charge on any atom is -0.508 e. The Bertz CT molecular complexity index is 399. The summed E-state index contributed by atoms with van der Waals surface area (Å²) in [5.41, 5.74) is 6.13. The second-order valence-electron chi connectivity index (χ2n) is 4.18. The summed E-state index contributed by atoms with van der Waals surface area (Å²) in [6.07, 6.45) is 0.962. The molecule has 2 unspecified atom stereocenters. The van der Waals surface area contributed by atoms with Gasteiger partial charge in [-0.25, -0.2) is 0 Å². The monoisotopic (exact) mass is 253 g/mol. The fourth-order valence-corrected chi connectivity index (χ4v) is 2.00. The molecule has 5 nitrogen and oxygen atoms in total. The average molecular weight is 253 g/mol. The van der Waals surface area contributed by atoms with Crippen LogP contribution in [0.3, 0.4) is 0 Å². The number of benzene rings is 1. The molecule has 18 heavy (non-hydrogen) atoms. The second-order valence-corrected chi connectivity index (χ2v) is 4.18. The Morgan fingerprint density at radius 3 is 2.39 bits per heavy atom. The number of phenols is 2. The zero-order valence-corrected chi connectivity index (χ0v) is 10.6. The van der Waals surface area contributed by atoms with E-state index in [0.29, 0.717) is 18.4 Å². The Morgan fingerprint density at radius 1 is 1.39 bits per heavy atom. The van der Waals surface area contributed by atoms with Gasteiger partial charge in [-0.15, -0.1) is 0 Å². The number of rotatable bonds is 5. The number of hydrogen-bond donors (Lipinski definition) is 3. The molecule has 1 aromatic carbocycles. The van der Waals surface area contributed by atoms with Crippen LogP contribution < -0.4 is 5.73 Å². The Labute approximate surface area is 106 Å². The van der Waals surface area contributed by atoms with E-state index < -0.39 is 12.0 Å². The van der Waals surface area contributed by atoms with Crippen molar-refractivity contribution >= 4 is 5.97 Å². The molecule has 0 aliphatic rings. The van der Waals surface area contributed by atoms with Crippen molar-refractivity contribution in [3.8, 4) is 11.5 Å². The summed E-state index contributed by atoms with van der Waals surface area (Å²) in [6.45, 7) is 1.90. The quantitative estimate of drug-likeness (QED) is 0.691. The summed E-state index contributed by atoms with van der Waals surface area (Å²) in [6, 6.07) is 3.79. The molecule has 0 bridgehead atoms. The molecule has 0 heterocycles. The smallest absolute Gasteiger partial charge is 0.322 e. The zero-order chi connectivity index (χ0) is 13.7. The maximum Gasteiger partial charge on any atom is 0.322 e. The van der Waals surface area contributed by atoms with E-state index in [0.717, 1.165) is 0 Å². The van der Waals surface area contributed by atoms with Crippen LogP contribution in [0, 0.1) is 0 Å². The molecule has 0 fully saturated rings. The molecule has 100 valence electrons. The van der Waals surface area contributed by atoms with Crippen molar-refractivity contribution in [3.63, 3.8) is 0 Å². The third kappa shape index (κ3) is 3.13. The van der Waals surface area contributed by atoms with E-state index in [1.807, 2.05) is 6.92 Å². The van der Waals surface area contributed by atoms with E-state index in [1.54, 1.807) is 6.07 Å². The molecule has 4 N–H and O–H groups in total. The lowest BCUT2D eigenvalue weighted by Gasteiger charge is -2.20. The first-order chi connectivity index (χ1) is 8.51. The number of esters is 1. The number of hydrogen-bond acceptors (Lipinski definition) is 5. The fourth-order valence-electron chi connectivity index (χ4n) is 2.00. The Morgan fingerprint density at radius 2 is 1.94 bits per heavy atom. The lowest BCUT2D eigenvalue weighted by atomic mass is 9.89. The van der Waals surface area contributed by atoms with Crippen LogP contribution in [-0.4, -0.2) is 29.3 Å². The highest BCUT2D eigenvalue weighted by Gasteiger charge is 2.24. The van der Waals surface area contributed by atoms with Crippen LogP contribution in [0.1, 0.15) is 31.2 Å². The van der Waals surface area contributed by atoms with Crippen molar-refractivity contribution in [3.05, 3.63) is 23.8 Å². The lowest BCUT2D eigenvalue weighted by Crippen LogP contribution is -2.33. The van der Waals surface area contributed by atoms with Gasteiger partial charge >= 0.3 is 5.97 Å². The first kappa shape index (κ1) is 14.3. The van der Waals surface area contributed by atoms with Gasteiger partial charge in [0.25, 0.3) is 0 Å². The molecule has 2 atom stereocenters. The summed E-state index contributed by atoms with van der Waals surface area (Å²) in [7, 11) is 1.28. The number of carbonyl (C=O) groups excluding carboxylic acids is 1. The third-order valence-corrected chi connectivity index (χ3v) is 3.00. The molecule has 0 aliphatic carbocycles. The van der Waals surface area contributed by atoms with Gasteiger partial charge in [-0.05, 0) is 30.9 Å². The van der Waals surface area contributed by atoms with Crippen LogP contribution in [0.25, 0.3) is 0 Å². The SMILES string of the molecule is CCC(CC(N)C(=O)OC)c1c(O)cccc1O. The van der Waals surface area contributed by atoms with Gasteiger partial charge in [-0.2, -0.15) is 0 Å². The summed E-state index contributed by atoms with van der Waals surface area (Å²) in [5.74, 6) is -0.665. The van der Waals surface area contributed by atoms with Gasteiger partial charge in [-0.1, -0.05) is 13.0 Å². The molecular formula is C13H19NO4. The van der Waals surface area contributed by atoms with E-state index in [9.17, 15) is 15.0 Å². The zero-order valence-electron chi connectivity index (χ0n) is 10.6. The standard InChI is InChI=1S/C13H19NO4/c1-3-8(7-9(14)13(17)18-2)12-10(15)5-4-6-11(12)16/h4-6,8-9,15-16H,3,7,14H2,1-2H3. The molecule has 1 rings (SSSR count). The largest absolute Gasteiger partial charge is 0.508 e. The van der Waals surface area contributed by atoms with E-state index in [-0.39, 0.29) is 17.4 Å². The molecule has 0 saturated carbocycles. The predicted molar refractivity (Wildman–Crippen MR) is 67.4 cm³/mol. The molecule has 0 aromatic heterocycles. The minimum atomic E-state index is -0.765. The van der Waals surface area contributed by atoms with Crippen molar-refractivity contribution in [1.82, 2.24) is 0 Å². The van der Waals surface area contributed by atoms with Crippen molar-refractivity contribution in [2.24, 2.45) is 5.73 Å². The number of ether oxygens (including phenoxy) is 1. The number of aromatic hydroxyl groups is 2. The third-order valence-electron chi connectivity index (χ3n) is 3.00. The van der Waals surface area contributed by atoms with Crippen LogP contribution in [0.2, 0.25) is 0 Å². The van der Waals surface area contributed by atoms with Gasteiger partial charge < -0.3 is 20.7 Å². The highest BCUT2D eigenvalue weighted by molar-refractivity contribution is 5.75. The van der Waals surface area contributed by atoms with E-state index >= 15 is 0 Å².